The van der Waals surface area contributed by atoms with Gasteiger partial charge in [0.25, 0.3) is 0 Å². The van der Waals surface area contributed by atoms with Gasteiger partial charge in [0.1, 0.15) is 5.01 Å². The fraction of sp³-hybridized carbons (Fsp3) is 0.667. The molecule has 2 heterocycles. The Morgan fingerprint density at radius 2 is 2.38 bits per heavy atom. The molecule has 0 saturated carbocycles. The molecule has 0 radical (unpaired) electrons. The van der Waals surface area contributed by atoms with E-state index in [4.69, 9.17) is 0 Å². The smallest absolute Gasteiger partial charge is 0.110 e. The summed E-state index contributed by atoms with van der Waals surface area (Å²) in [5, 5.41) is 6.90. The summed E-state index contributed by atoms with van der Waals surface area (Å²) in [6.07, 6.45) is 0. The fourth-order valence-corrected chi connectivity index (χ4v) is 2.80. The Balaban J connectivity index is 1.92. The number of thioether (sulfide) groups is 1. The highest BCUT2D eigenvalue weighted by atomic mass is 32.2. The number of aromatic nitrogens is 1. The molecule has 1 atom stereocenters. The van der Waals surface area contributed by atoms with E-state index in [0.717, 1.165) is 5.69 Å². The minimum absolute atomic E-state index is 0.421. The van der Waals surface area contributed by atoms with Gasteiger partial charge in [0.05, 0.1) is 6.04 Å². The van der Waals surface area contributed by atoms with Crippen LogP contribution in [0.25, 0.3) is 0 Å². The summed E-state index contributed by atoms with van der Waals surface area (Å²) in [6.45, 7) is 4.24. The van der Waals surface area contributed by atoms with Gasteiger partial charge in [-0.05, 0) is 13.8 Å². The number of rotatable bonds is 3. The molecule has 1 unspecified atom stereocenters. The van der Waals surface area contributed by atoms with E-state index in [1.165, 1.54) is 16.5 Å². The Hall–Kier alpha value is -0.0600. The predicted molar refractivity (Wildman–Crippen MR) is 59.5 cm³/mol. The predicted octanol–water partition coefficient (Wildman–Crippen LogP) is 2.22. The van der Waals surface area contributed by atoms with Crippen molar-refractivity contribution >= 4 is 23.1 Å². The van der Waals surface area contributed by atoms with E-state index in [9.17, 15) is 0 Å². The monoisotopic (exact) mass is 214 g/mol. The normalized spacial score (nSPS) is 19.8. The molecule has 0 spiro atoms. The van der Waals surface area contributed by atoms with E-state index < -0.39 is 0 Å². The summed E-state index contributed by atoms with van der Waals surface area (Å²) in [4.78, 5) is 4.47. The van der Waals surface area contributed by atoms with Crippen molar-refractivity contribution in [3.63, 3.8) is 0 Å². The molecule has 1 aliphatic rings. The Labute approximate surface area is 87.1 Å². The number of nitrogens with zero attached hydrogens (tertiary/aromatic N) is 1. The first-order valence-electron chi connectivity index (χ1n) is 4.51. The topological polar surface area (TPSA) is 24.9 Å². The van der Waals surface area contributed by atoms with E-state index in [2.05, 4.69) is 22.6 Å². The van der Waals surface area contributed by atoms with E-state index in [1.54, 1.807) is 11.3 Å². The molecular formula is C9H14N2S2. The van der Waals surface area contributed by atoms with E-state index in [-0.39, 0.29) is 0 Å². The highest BCUT2D eigenvalue weighted by Gasteiger charge is 2.21. The van der Waals surface area contributed by atoms with Gasteiger partial charge in [-0.25, -0.2) is 4.98 Å². The summed E-state index contributed by atoms with van der Waals surface area (Å²) >= 11 is 3.76. The van der Waals surface area contributed by atoms with Gasteiger partial charge in [-0.1, -0.05) is 0 Å². The minimum atomic E-state index is 0.421. The second kappa shape index (κ2) is 3.98. The summed E-state index contributed by atoms with van der Waals surface area (Å²) in [5.74, 6) is 2.52. The molecule has 1 saturated heterocycles. The minimum Gasteiger partial charge on any atom is -0.304 e. The van der Waals surface area contributed by atoms with Crippen molar-refractivity contribution in [2.24, 2.45) is 0 Å². The van der Waals surface area contributed by atoms with Gasteiger partial charge in [0.15, 0.2) is 0 Å². The van der Waals surface area contributed by atoms with Crippen LogP contribution in [0.1, 0.15) is 23.7 Å². The van der Waals surface area contributed by atoms with E-state index in [0.29, 0.717) is 12.1 Å². The number of thiazole rings is 1. The maximum absolute atomic E-state index is 4.47. The first-order valence-corrected chi connectivity index (χ1v) is 6.55. The van der Waals surface area contributed by atoms with Crippen molar-refractivity contribution in [3.05, 3.63) is 16.1 Å². The molecule has 1 aromatic rings. The molecule has 1 aliphatic heterocycles. The van der Waals surface area contributed by atoms with Gasteiger partial charge >= 0.3 is 0 Å². The lowest BCUT2D eigenvalue weighted by atomic mass is 10.3. The Morgan fingerprint density at radius 3 is 2.85 bits per heavy atom. The molecule has 2 nitrogen and oxygen atoms in total. The first-order chi connectivity index (χ1) is 6.25. The maximum Gasteiger partial charge on any atom is 0.110 e. The zero-order valence-corrected chi connectivity index (χ0v) is 9.54. The molecule has 0 amide bonds. The molecule has 4 heteroatoms. The van der Waals surface area contributed by atoms with Crippen LogP contribution < -0.4 is 5.32 Å². The number of hydrogen-bond acceptors (Lipinski definition) is 4. The number of aryl methyl sites for hydroxylation is 1. The van der Waals surface area contributed by atoms with Crippen molar-refractivity contribution in [2.45, 2.75) is 25.9 Å². The Kier molecular flexibility index (Phi) is 2.91. The maximum atomic E-state index is 4.47. The van der Waals surface area contributed by atoms with Crippen LogP contribution in [0, 0.1) is 6.92 Å². The summed E-state index contributed by atoms with van der Waals surface area (Å²) in [7, 11) is 0. The standard InChI is InChI=1S/C9H14N2S2/c1-6-3-13-9(10-6)7(2)11-8-4-12-5-8/h3,7-8,11H,4-5H2,1-2H3. The van der Waals surface area contributed by atoms with Gasteiger partial charge in [-0.15, -0.1) is 11.3 Å². The average Bonchev–Trinajstić information content (AvgIpc) is 2.44. The first kappa shape index (κ1) is 9.49. The molecule has 1 N–H and O–H groups in total. The molecule has 13 heavy (non-hydrogen) atoms. The second-order valence-electron chi connectivity index (χ2n) is 3.45. The third-order valence-corrected chi connectivity index (χ3v) is 4.55. The molecule has 0 aromatic carbocycles. The Bertz CT molecular complexity index is 281. The van der Waals surface area contributed by atoms with Crippen molar-refractivity contribution in [1.82, 2.24) is 10.3 Å². The highest BCUT2D eigenvalue weighted by Crippen LogP contribution is 2.23. The molecule has 72 valence electrons. The number of hydrogen-bond donors (Lipinski definition) is 1. The van der Waals surface area contributed by atoms with Crippen LogP contribution >= 0.6 is 23.1 Å². The van der Waals surface area contributed by atoms with Gasteiger partial charge in [-0.2, -0.15) is 11.8 Å². The van der Waals surface area contributed by atoms with Gasteiger partial charge in [0.2, 0.25) is 0 Å². The highest BCUT2D eigenvalue weighted by molar-refractivity contribution is 8.00. The van der Waals surface area contributed by atoms with Crippen LogP contribution in [0.3, 0.4) is 0 Å². The van der Waals surface area contributed by atoms with Gasteiger partial charge < -0.3 is 5.32 Å². The van der Waals surface area contributed by atoms with Crippen LogP contribution in [-0.4, -0.2) is 22.5 Å². The SMILES string of the molecule is Cc1csc(C(C)NC2CSC2)n1. The number of nitrogens with one attached hydrogen (secondary N) is 1. The third kappa shape index (κ3) is 2.24. The summed E-state index contributed by atoms with van der Waals surface area (Å²) in [5.41, 5.74) is 1.14. The quantitative estimate of drug-likeness (QED) is 0.835. The summed E-state index contributed by atoms with van der Waals surface area (Å²) in [6, 6.07) is 1.13. The second-order valence-corrected chi connectivity index (χ2v) is 5.41. The molecular weight excluding hydrogens is 200 g/mol. The van der Waals surface area contributed by atoms with Gasteiger partial charge in [0, 0.05) is 28.6 Å². The lowest BCUT2D eigenvalue weighted by Crippen LogP contribution is -2.41. The van der Waals surface area contributed by atoms with Crippen molar-refractivity contribution in [3.8, 4) is 0 Å². The fourth-order valence-electron chi connectivity index (χ4n) is 1.33. The van der Waals surface area contributed by atoms with E-state index >= 15 is 0 Å². The molecule has 1 aromatic heterocycles. The molecule has 2 rings (SSSR count). The van der Waals surface area contributed by atoms with Crippen molar-refractivity contribution < 1.29 is 0 Å². The zero-order valence-electron chi connectivity index (χ0n) is 7.91. The molecule has 0 aliphatic carbocycles. The third-order valence-electron chi connectivity index (χ3n) is 2.13. The van der Waals surface area contributed by atoms with E-state index in [1.807, 2.05) is 18.7 Å². The van der Waals surface area contributed by atoms with Crippen molar-refractivity contribution in [1.29, 1.82) is 0 Å². The van der Waals surface area contributed by atoms with Gasteiger partial charge in [-0.3, -0.25) is 0 Å². The average molecular weight is 214 g/mol. The van der Waals surface area contributed by atoms with Crippen LogP contribution in [-0.2, 0) is 0 Å². The lowest BCUT2D eigenvalue weighted by molar-refractivity contribution is 0.500. The molecule has 0 bridgehead atoms. The largest absolute Gasteiger partial charge is 0.304 e. The van der Waals surface area contributed by atoms with Crippen LogP contribution in [0.15, 0.2) is 5.38 Å². The zero-order chi connectivity index (χ0) is 9.26. The van der Waals surface area contributed by atoms with Crippen LogP contribution in [0.4, 0.5) is 0 Å². The Morgan fingerprint density at radius 1 is 1.62 bits per heavy atom. The van der Waals surface area contributed by atoms with Crippen LogP contribution in [0.2, 0.25) is 0 Å². The summed E-state index contributed by atoms with van der Waals surface area (Å²) < 4.78 is 0. The lowest BCUT2D eigenvalue weighted by Gasteiger charge is -2.28. The molecule has 1 fully saturated rings. The van der Waals surface area contributed by atoms with Crippen molar-refractivity contribution in [2.75, 3.05) is 11.5 Å². The van der Waals surface area contributed by atoms with Crippen LogP contribution in [0.5, 0.6) is 0 Å².